The second kappa shape index (κ2) is 51.9. The van der Waals surface area contributed by atoms with E-state index in [0.717, 1.165) is 0 Å². The molecule has 268 valence electrons. The molecule has 0 bridgehead atoms. The SMILES string of the molecule is C.C.C.C.CCC(F)(CC)OC(F)(F)CF.CCC(F)CC.CCF.CCF.CF.CF.O=S(CF)C(F)(F)CF. The Kier molecular flexibility index (Phi) is 91.7. The van der Waals surface area contributed by atoms with Gasteiger partial charge in [-0.3, -0.25) is 26.5 Å². The Hall–Kier alpha value is -0.800. The average molecular weight is 671 g/mol. The van der Waals surface area contributed by atoms with Gasteiger partial charge < -0.3 is 0 Å². The van der Waals surface area contributed by atoms with Gasteiger partial charge >= 0.3 is 11.4 Å². The molecule has 0 aromatic heterocycles. The van der Waals surface area contributed by atoms with E-state index in [1.54, 1.807) is 0 Å². The minimum atomic E-state index is -4.02. The van der Waals surface area contributed by atoms with Crippen molar-refractivity contribution >= 4 is 10.8 Å². The summed E-state index contributed by atoms with van der Waals surface area (Å²) in [4.78, 5) is 0. The molecule has 1 unspecified atom stereocenters. The van der Waals surface area contributed by atoms with Gasteiger partial charge in [-0.15, -0.1) is 0 Å². The van der Waals surface area contributed by atoms with Gasteiger partial charge in [0.1, 0.15) is 10.8 Å². The van der Waals surface area contributed by atoms with Crippen molar-refractivity contribution in [3.8, 4) is 0 Å². The summed E-state index contributed by atoms with van der Waals surface area (Å²) in [7, 11) is -2.01. The minimum Gasteiger partial charge on any atom is -0.281 e. The topological polar surface area (TPSA) is 26.3 Å². The van der Waals surface area contributed by atoms with Crippen LogP contribution in [0.3, 0.4) is 0 Å². The molecule has 16 heteroatoms. The fourth-order valence-corrected chi connectivity index (χ4v) is 1.40. The van der Waals surface area contributed by atoms with E-state index in [-0.39, 0.29) is 55.9 Å². The molecule has 0 aromatic carbocycles. The second-order valence-corrected chi connectivity index (χ2v) is 7.14. The van der Waals surface area contributed by atoms with Gasteiger partial charge in [-0.2, -0.15) is 17.6 Å². The van der Waals surface area contributed by atoms with Crippen LogP contribution in [-0.4, -0.2) is 74.7 Å². The van der Waals surface area contributed by atoms with Crippen LogP contribution in [0.4, 0.5) is 57.1 Å². The van der Waals surface area contributed by atoms with Gasteiger partial charge in [0.2, 0.25) is 5.85 Å². The molecule has 0 N–H and O–H groups in total. The van der Waals surface area contributed by atoms with Crippen molar-refractivity contribution in [2.24, 2.45) is 0 Å². The zero-order chi connectivity index (χ0) is 31.7. The summed E-state index contributed by atoms with van der Waals surface area (Å²) in [5.74, 6) is -2.42. The molecule has 0 saturated heterocycles. The fraction of sp³-hybridized carbons (Fsp3) is 1.00. The number of halogens is 13. The molecular weight excluding hydrogens is 611 g/mol. The first-order valence-electron chi connectivity index (χ1n) is 10.8. The Morgan fingerprint density at radius 2 is 0.902 bits per heavy atom. The van der Waals surface area contributed by atoms with E-state index in [1.165, 1.54) is 27.7 Å². The molecule has 0 rings (SSSR count). The number of rotatable bonds is 10. The van der Waals surface area contributed by atoms with E-state index in [9.17, 15) is 61.3 Å². The van der Waals surface area contributed by atoms with Crippen molar-refractivity contribution in [3.05, 3.63) is 0 Å². The highest BCUT2D eigenvalue weighted by Gasteiger charge is 2.41. The lowest BCUT2D eigenvalue weighted by Crippen LogP contribution is -2.36. The largest absolute Gasteiger partial charge is 0.386 e. The first-order valence-corrected chi connectivity index (χ1v) is 12.1. The van der Waals surface area contributed by atoms with Gasteiger partial charge in [-0.05, 0) is 26.7 Å². The molecule has 0 spiro atoms. The Labute approximate surface area is 244 Å². The molecule has 0 radical (unpaired) electrons. The third-order valence-electron chi connectivity index (χ3n) is 3.02. The smallest absolute Gasteiger partial charge is 0.281 e. The molecule has 0 aliphatic rings. The van der Waals surface area contributed by atoms with Gasteiger partial charge in [0.15, 0.2) is 19.4 Å². The van der Waals surface area contributed by atoms with Crippen LogP contribution in [0.2, 0.25) is 0 Å². The minimum absolute atomic E-state index is 0. The van der Waals surface area contributed by atoms with Gasteiger partial charge in [0, 0.05) is 12.8 Å². The molecule has 0 heterocycles. The van der Waals surface area contributed by atoms with Crippen LogP contribution in [0.1, 0.15) is 96.9 Å². The van der Waals surface area contributed by atoms with Gasteiger partial charge in [-0.25, -0.2) is 22.0 Å². The van der Waals surface area contributed by atoms with Crippen LogP contribution < -0.4 is 0 Å². The molecule has 41 heavy (non-hydrogen) atoms. The maximum Gasteiger partial charge on any atom is 0.386 e. The van der Waals surface area contributed by atoms with E-state index in [0.29, 0.717) is 27.2 Å². The average Bonchev–Trinajstić information content (AvgIpc) is 2.91. The predicted octanol–water partition coefficient (Wildman–Crippen LogP) is 12.1. The van der Waals surface area contributed by atoms with Crippen LogP contribution in [0.15, 0.2) is 0 Å². The van der Waals surface area contributed by atoms with E-state index in [2.05, 4.69) is 4.74 Å². The molecule has 0 aliphatic carbocycles. The monoisotopic (exact) mass is 670 g/mol. The van der Waals surface area contributed by atoms with Crippen molar-refractivity contribution in [3.63, 3.8) is 0 Å². The van der Waals surface area contributed by atoms with Gasteiger partial charge in [-0.1, -0.05) is 57.4 Å². The lowest BCUT2D eigenvalue weighted by Gasteiger charge is -2.26. The fourth-order valence-electron chi connectivity index (χ4n) is 1.12. The van der Waals surface area contributed by atoms with Crippen LogP contribution in [0.5, 0.6) is 0 Å². The molecule has 0 saturated carbocycles. The summed E-state index contributed by atoms with van der Waals surface area (Å²) in [6.45, 7) is 4.76. The molecule has 0 aliphatic heterocycles. The van der Waals surface area contributed by atoms with Crippen LogP contribution >= 0.6 is 0 Å². The predicted molar refractivity (Wildman–Crippen MR) is 151 cm³/mol. The standard InChI is InChI=1S/C7H12F4O.C5H11F.C3H4F4OS.2C2H5F.2CH3F.4CH4/c1-3-6(9,4-2)12-7(10,11)5-8;1-3-5(6)4-2;4-1-3(6,7)9(8)2-5;2*1-2-3;2*1-2;;;;/h3-5H2,1-2H3;5H,3-4H2,1-2H3;1-2H2;2*2H2,1H3;2*1H3;4*1H4. The number of alkyl halides is 13. The first kappa shape index (κ1) is 72.4. The summed E-state index contributed by atoms with van der Waals surface area (Å²) >= 11 is 0. The summed E-state index contributed by atoms with van der Waals surface area (Å²) in [6, 6.07) is -1.71. The highest BCUT2D eigenvalue weighted by Crippen LogP contribution is 2.30. The molecule has 0 amide bonds. The van der Waals surface area contributed by atoms with Crippen molar-refractivity contribution in [1.29, 1.82) is 0 Å². The van der Waals surface area contributed by atoms with Gasteiger partial charge in [0.25, 0.3) is 0 Å². The number of ether oxygens (including phenoxy) is 1. The van der Waals surface area contributed by atoms with E-state index >= 15 is 0 Å². The van der Waals surface area contributed by atoms with Crippen molar-refractivity contribution in [2.75, 3.05) is 47.1 Å². The van der Waals surface area contributed by atoms with E-state index in [1.807, 2.05) is 13.8 Å². The zero-order valence-electron chi connectivity index (χ0n) is 22.6. The van der Waals surface area contributed by atoms with E-state index in [4.69, 9.17) is 0 Å². The zero-order valence-corrected chi connectivity index (χ0v) is 23.4. The van der Waals surface area contributed by atoms with Crippen LogP contribution in [-0.2, 0) is 15.5 Å². The van der Waals surface area contributed by atoms with Gasteiger partial charge in [0.05, 0.1) is 33.9 Å². The third-order valence-corrected chi connectivity index (χ3v) is 3.99. The summed E-state index contributed by atoms with van der Waals surface area (Å²) in [6.07, 6.45) is -3.70. The van der Waals surface area contributed by atoms with Crippen LogP contribution in [0, 0.1) is 0 Å². The number of hydrogen-bond donors (Lipinski definition) is 0. The lowest BCUT2D eigenvalue weighted by atomic mass is 10.2. The van der Waals surface area contributed by atoms with Crippen LogP contribution in [0.25, 0.3) is 0 Å². The maximum atomic E-state index is 13.1. The van der Waals surface area contributed by atoms with E-state index < -0.39 is 53.5 Å². The Bertz CT molecular complexity index is 415. The quantitative estimate of drug-likeness (QED) is 0.216. The second-order valence-electron chi connectivity index (χ2n) is 5.64. The Balaban J connectivity index is -0.0000000310. The molecule has 0 fully saturated rings. The van der Waals surface area contributed by atoms with Crippen molar-refractivity contribution in [2.45, 2.75) is 120 Å². The van der Waals surface area contributed by atoms with Crippen molar-refractivity contribution in [1.82, 2.24) is 0 Å². The third kappa shape index (κ3) is 63.6. The summed E-state index contributed by atoms with van der Waals surface area (Å²) in [5.41, 5.74) is 0. The molecule has 2 nitrogen and oxygen atoms in total. The highest BCUT2D eigenvalue weighted by atomic mass is 32.2. The summed E-state index contributed by atoms with van der Waals surface area (Å²) < 4.78 is 159. The summed E-state index contributed by atoms with van der Waals surface area (Å²) in [5, 5.41) is -4.02. The highest BCUT2D eigenvalue weighted by molar-refractivity contribution is 7.85. The number of hydrogen-bond acceptors (Lipinski definition) is 2. The molecule has 0 aromatic rings. The lowest BCUT2D eigenvalue weighted by molar-refractivity contribution is -0.336. The molecule has 1 atom stereocenters. The first-order chi connectivity index (χ1) is 17.1. The normalized spacial score (nSPS) is 10.0. The Morgan fingerprint density at radius 1 is 0.634 bits per heavy atom. The maximum absolute atomic E-state index is 13.1. The Morgan fingerprint density at radius 3 is 1.00 bits per heavy atom. The van der Waals surface area contributed by atoms with Crippen molar-refractivity contribution < 1.29 is 66.0 Å². The molecular formula is C25H59F13O2S.